The van der Waals surface area contributed by atoms with Crippen molar-refractivity contribution in [2.45, 2.75) is 6.42 Å². The SMILES string of the molecule is CNCCc1noc(-c2cccnc2OC)n1. The van der Waals surface area contributed by atoms with Gasteiger partial charge in [-0.05, 0) is 19.2 Å². The van der Waals surface area contributed by atoms with Crippen LogP contribution in [0.3, 0.4) is 0 Å². The molecule has 0 radical (unpaired) electrons. The molecule has 0 saturated carbocycles. The summed E-state index contributed by atoms with van der Waals surface area (Å²) in [5.41, 5.74) is 0.707. The third-order valence-electron chi connectivity index (χ3n) is 2.26. The number of likely N-dealkylation sites (N-methyl/N-ethyl adjacent to an activating group) is 1. The van der Waals surface area contributed by atoms with Crippen LogP contribution in [0.5, 0.6) is 5.88 Å². The van der Waals surface area contributed by atoms with Gasteiger partial charge < -0.3 is 14.6 Å². The summed E-state index contributed by atoms with van der Waals surface area (Å²) < 4.78 is 10.3. The Bertz CT molecular complexity index is 484. The molecule has 0 unspecified atom stereocenters. The van der Waals surface area contributed by atoms with Crippen molar-refractivity contribution in [2.24, 2.45) is 0 Å². The molecule has 0 aromatic carbocycles. The van der Waals surface area contributed by atoms with Gasteiger partial charge in [0.2, 0.25) is 5.88 Å². The average molecular weight is 234 g/mol. The van der Waals surface area contributed by atoms with Crippen LogP contribution in [-0.2, 0) is 6.42 Å². The second kappa shape index (κ2) is 5.40. The molecule has 90 valence electrons. The van der Waals surface area contributed by atoms with Crippen LogP contribution in [0.2, 0.25) is 0 Å². The van der Waals surface area contributed by atoms with Gasteiger partial charge in [-0.2, -0.15) is 4.98 Å². The van der Waals surface area contributed by atoms with Crippen molar-refractivity contribution in [3.63, 3.8) is 0 Å². The highest BCUT2D eigenvalue weighted by molar-refractivity contribution is 5.59. The van der Waals surface area contributed by atoms with E-state index in [2.05, 4.69) is 20.4 Å². The molecule has 2 aromatic rings. The van der Waals surface area contributed by atoms with Crippen molar-refractivity contribution in [3.8, 4) is 17.3 Å². The summed E-state index contributed by atoms with van der Waals surface area (Å²) in [6.45, 7) is 0.809. The maximum atomic E-state index is 5.18. The number of pyridine rings is 1. The highest BCUT2D eigenvalue weighted by Crippen LogP contribution is 2.25. The second-order valence-electron chi connectivity index (χ2n) is 3.43. The summed E-state index contributed by atoms with van der Waals surface area (Å²) in [5, 5.41) is 6.93. The molecule has 0 spiro atoms. The third kappa shape index (κ3) is 2.59. The summed E-state index contributed by atoms with van der Waals surface area (Å²) in [5.74, 6) is 1.58. The largest absolute Gasteiger partial charge is 0.480 e. The van der Waals surface area contributed by atoms with E-state index in [4.69, 9.17) is 9.26 Å². The van der Waals surface area contributed by atoms with Crippen LogP contribution in [-0.4, -0.2) is 35.8 Å². The van der Waals surface area contributed by atoms with Crippen LogP contribution in [0.25, 0.3) is 11.5 Å². The predicted octanol–water partition coefficient (Wildman–Crippen LogP) is 0.902. The first-order chi connectivity index (χ1) is 8.35. The van der Waals surface area contributed by atoms with Crippen LogP contribution in [0.1, 0.15) is 5.82 Å². The molecule has 0 saturated heterocycles. The second-order valence-corrected chi connectivity index (χ2v) is 3.43. The summed E-state index contributed by atoms with van der Waals surface area (Å²) in [4.78, 5) is 8.37. The molecule has 0 aliphatic carbocycles. The number of nitrogens with zero attached hydrogens (tertiary/aromatic N) is 3. The van der Waals surface area contributed by atoms with Gasteiger partial charge >= 0.3 is 0 Å². The van der Waals surface area contributed by atoms with Crippen LogP contribution >= 0.6 is 0 Å². The number of hydrogen-bond acceptors (Lipinski definition) is 6. The minimum absolute atomic E-state index is 0.432. The Morgan fingerprint density at radius 1 is 1.47 bits per heavy atom. The smallest absolute Gasteiger partial charge is 0.263 e. The Kier molecular flexibility index (Phi) is 3.66. The quantitative estimate of drug-likeness (QED) is 0.828. The van der Waals surface area contributed by atoms with Crippen molar-refractivity contribution in [1.82, 2.24) is 20.4 Å². The number of nitrogens with one attached hydrogen (secondary N) is 1. The van der Waals surface area contributed by atoms with E-state index in [0.29, 0.717) is 23.2 Å². The lowest BCUT2D eigenvalue weighted by atomic mass is 10.2. The molecule has 2 aromatic heterocycles. The van der Waals surface area contributed by atoms with Gasteiger partial charge in [-0.3, -0.25) is 0 Å². The van der Waals surface area contributed by atoms with Crippen LogP contribution in [0, 0.1) is 0 Å². The molecule has 1 N–H and O–H groups in total. The van der Waals surface area contributed by atoms with Gasteiger partial charge in [0.05, 0.1) is 7.11 Å². The van der Waals surface area contributed by atoms with E-state index in [-0.39, 0.29) is 0 Å². The molecule has 2 rings (SSSR count). The maximum Gasteiger partial charge on any atom is 0.263 e. The highest BCUT2D eigenvalue weighted by atomic mass is 16.5. The van der Waals surface area contributed by atoms with E-state index in [0.717, 1.165) is 13.0 Å². The minimum atomic E-state index is 0.432. The molecular formula is C11H14N4O2. The normalized spacial score (nSPS) is 10.5. The molecule has 2 heterocycles. The first-order valence-corrected chi connectivity index (χ1v) is 5.31. The first kappa shape index (κ1) is 11.5. The zero-order valence-electron chi connectivity index (χ0n) is 9.80. The van der Waals surface area contributed by atoms with E-state index < -0.39 is 0 Å². The molecular weight excluding hydrogens is 220 g/mol. The topological polar surface area (TPSA) is 73.1 Å². The van der Waals surface area contributed by atoms with Crippen LogP contribution < -0.4 is 10.1 Å². The Morgan fingerprint density at radius 2 is 2.35 bits per heavy atom. The Morgan fingerprint density at radius 3 is 3.12 bits per heavy atom. The molecule has 17 heavy (non-hydrogen) atoms. The number of rotatable bonds is 5. The lowest BCUT2D eigenvalue weighted by Gasteiger charge is -2.01. The number of methoxy groups -OCH3 is 1. The average Bonchev–Trinajstić information content (AvgIpc) is 2.85. The Labute approximate surface area is 99.0 Å². The Balaban J connectivity index is 2.24. The standard InChI is InChI=1S/C11H14N4O2/c1-12-7-5-9-14-11(17-15-9)8-4-3-6-13-10(8)16-2/h3-4,6,12H,5,7H2,1-2H3. The molecule has 0 fully saturated rings. The lowest BCUT2D eigenvalue weighted by molar-refractivity contribution is 0.390. The predicted molar refractivity (Wildman–Crippen MR) is 61.7 cm³/mol. The van der Waals surface area contributed by atoms with Gasteiger partial charge in [-0.15, -0.1) is 0 Å². The number of hydrogen-bond donors (Lipinski definition) is 1. The van der Waals surface area contributed by atoms with Gasteiger partial charge in [0.1, 0.15) is 5.56 Å². The van der Waals surface area contributed by atoms with E-state index in [9.17, 15) is 0 Å². The van der Waals surface area contributed by atoms with Crippen molar-refractivity contribution in [3.05, 3.63) is 24.2 Å². The summed E-state index contributed by atoms with van der Waals surface area (Å²) in [6.07, 6.45) is 2.38. The number of ether oxygens (including phenoxy) is 1. The molecule has 0 aliphatic heterocycles. The zero-order chi connectivity index (χ0) is 12.1. The fraction of sp³-hybridized carbons (Fsp3) is 0.364. The van der Waals surface area contributed by atoms with Crippen molar-refractivity contribution >= 4 is 0 Å². The fourth-order valence-electron chi connectivity index (χ4n) is 1.42. The molecule has 6 heteroatoms. The van der Waals surface area contributed by atoms with E-state index in [1.807, 2.05) is 13.1 Å². The minimum Gasteiger partial charge on any atom is -0.480 e. The zero-order valence-corrected chi connectivity index (χ0v) is 9.80. The van der Waals surface area contributed by atoms with Crippen LogP contribution in [0.15, 0.2) is 22.9 Å². The van der Waals surface area contributed by atoms with Crippen molar-refractivity contribution in [1.29, 1.82) is 0 Å². The molecule has 0 bridgehead atoms. The van der Waals surface area contributed by atoms with Crippen molar-refractivity contribution < 1.29 is 9.26 Å². The van der Waals surface area contributed by atoms with Crippen molar-refractivity contribution in [2.75, 3.05) is 20.7 Å². The molecule has 0 aliphatic rings. The molecule has 0 amide bonds. The lowest BCUT2D eigenvalue weighted by Crippen LogP contribution is -2.11. The van der Waals surface area contributed by atoms with Gasteiger partial charge in [0.15, 0.2) is 5.82 Å². The van der Waals surface area contributed by atoms with Gasteiger partial charge in [-0.1, -0.05) is 5.16 Å². The van der Waals surface area contributed by atoms with E-state index >= 15 is 0 Å². The van der Waals surface area contributed by atoms with Crippen LogP contribution in [0.4, 0.5) is 0 Å². The summed E-state index contributed by atoms with van der Waals surface area (Å²) in [6, 6.07) is 3.64. The summed E-state index contributed by atoms with van der Waals surface area (Å²) >= 11 is 0. The van der Waals surface area contributed by atoms with Gasteiger partial charge in [-0.25, -0.2) is 4.98 Å². The molecule has 6 nitrogen and oxygen atoms in total. The van der Waals surface area contributed by atoms with E-state index in [1.54, 1.807) is 19.4 Å². The Hall–Kier alpha value is -1.95. The molecule has 0 atom stereocenters. The maximum absolute atomic E-state index is 5.18. The monoisotopic (exact) mass is 234 g/mol. The summed E-state index contributed by atoms with van der Waals surface area (Å²) in [7, 11) is 3.44. The van der Waals surface area contributed by atoms with E-state index in [1.165, 1.54) is 0 Å². The first-order valence-electron chi connectivity index (χ1n) is 5.31. The highest BCUT2D eigenvalue weighted by Gasteiger charge is 2.13. The third-order valence-corrected chi connectivity index (χ3v) is 2.26. The fourth-order valence-corrected chi connectivity index (χ4v) is 1.42. The number of aromatic nitrogens is 3. The van der Waals surface area contributed by atoms with Gasteiger partial charge in [0, 0.05) is 19.2 Å². The van der Waals surface area contributed by atoms with Gasteiger partial charge in [0.25, 0.3) is 5.89 Å².